The van der Waals surface area contributed by atoms with Gasteiger partial charge in [0.25, 0.3) is 0 Å². The van der Waals surface area contributed by atoms with Gasteiger partial charge in [-0.3, -0.25) is 0 Å². The fraction of sp³-hybridized carbons (Fsp3) is 0.333. The van der Waals surface area contributed by atoms with Crippen LogP contribution in [-0.4, -0.2) is 22.6 Å². The Hall–Kier alpha value is -1.84. The van der Waals surface area contributed by atoms with E-state index in [1.54, 1.807) is 18.6 Å². The minimum absolute atomic E-state index is 0.340. The van der Waals surface area contributed by atoms with Crippen molar-refractivity contribution in [3.8, 4) is 0 Å². The predicted octanol–water partition coefficient (Wildman–Crippen LogP) is 2.12. The average molecular weight is 220 g/mol. The molecule has 4 heteroatoms. The predicted molar refractivity (Wildman–Crippen MR) is 61.9 cm³/mol. The molecular formula is C12H16N2O2. The first-order valence-electron chi connectivity index (χ1n) is 5.12. The summed E-state index contributed by atoms with van der Waals surface area (Å²) in [6, 6.07) is 0.366. The SMILES string of the molecule is COC(=O)C=CC=CCC(C)n1ccnc1. The standard InChI is InChI=1S/C12H16N2O2/c1-11(14-9-8-13-10-14)6-4-3-5-7-12(15)16-2/h3-5,7-11H,6H2,1-2H3. The molecule has 0 saturated heterocycles. The van der Waals surface area contributed by atoms with Crippen molar-refractivity contribution in [2.45, 2.75) is 19.4 Å². The van der Waals surface area contributed by atoms with Gasteiger partial charge in [0.05, 0.1) is 13.4 Å². The van der Waals surface area contributed by atoms with E-state index in [0.717, 1.165) is 6.42 Å². The third-order valence-corrected chi connectivity index (χ3v) is 2.19. The molecule has 0 aliphatic rings. The monoisotopic (exact) mass is 220 g/mol. The van der Waals surface area contributed by atoms with Crippen LogP contribution in [0.15, 0.2) is 43.0 Å². The summed E-state index contributed by atoms with van der Waals surface area (Å²) in [6.07, 6.45) is 13.3. The number of imidazole rings is 1. The van der Waals surface area contributed by atoms with Gasteiger partial charge in [0.15, 0.2) is 0 Å². The molecule has 0 fully saturated rings. The smallest absolute Gasteiger partial charge is 0.330 e. The highest BCUT2D eigenvalue weighted by Gasteiger charge is 1.99. The molecule has 0 aliphatic carbocycles. The Balaban J connectivity index is 2.32. The summed E-state index contributed by atoms with van der Waals surface area (Å²) < 4.78 is 6.50. The van der Waals surface area contributed by atoms with Crippen molar-refractivity contribution in [1.29, 1.82) is 0 Å². The number of methoxy groups -OCH3 is 1. The number of allylic oxidation sites excluding steroid dienone is 3. The molecule has 86 valence electrons. The van der Waals surface area contributed by atoms with Crippen molar-refractivity contribution in [2.75, 3.05) is 7.11 Å². The van der Waals surface area contributed by atoms with E-state index in [2.05, 4.69) is 16.6 Å². The Kier molecular flexibility index (Phi) is 5.05. The Morgan fingerprint density at radius 2 is 2.38 bits per heavy atom. The number of carbonyl (C=O) groups is 1. The lowest BCUT2D eigenvalue weighted by atomic mass is 10.2. The second kappa shape index (κ2) is 6.61. The first-order chi connectivity index (χ1) is 7.74. The molecule has 0 N–H and O–H groups in total. The van der Waals surface area contributed by atoms with E-state index in [4.69, 9.17) is 0 Å². The van der Waals surface area contributed by atoms with E-state index >= 15 is 0 Å². The zero-order valence-electron chi connectivity index (χ0n) is 9.54. The fourth-order valence-corrected chi connectivity index (χ4v) is 1.21. The van der Waals surface area contributed by atoms with Crippen LogP contribution >= 0.6 is 0 Å². The lowest BCUT2D eigenvalue weighted by Gasteiger charge is -2.09. The average Bonchev–Trinajstić information content (AvgIpc) is 2.81. The highest BCUT2D eigenvalue weighted by atomic mass is 16.5. The zero-order valence-corrected chi connectivity index (χ0v) is 9.54. The molecule has 0 radical (unpaired) electrons. The molecule has 1 aromatic rings. The quantitative estimate of drug-likeness (QED) is 0.433. The molecule has 0 bridgehead atoms. The lowest BCUT2D eigenvalue weighted by Crippen LogP contribution is -2.00. The topological polar surface area (TPSA) is 44.1 Å². The molecule has 1 aromatic heterocycles. The summed E-state index contributed by atoms with van der Waals surface area (Å²) in [7, 11) is 1.36. The maximum atomic E-state index is 10.7. The molecule has 1 heterocycles. The summed E-state index contributed by atoms with van der Waals surface area (Å²) in [6.45, 7) is 2.11. The fourth-order valence-electron chi connectivity index (χ4n) is 1.21. The molecular weight excluding hydrogens is 204 g/mol. The van der Waals surface area contributed by atoms with Gasteiger partial charge in [-0.1, -0.05) is 18.2 Å². The summed E-state index contributed by atoms with van der Waals surface area (Å²) in [4.78, 5) is 14.7. The summed E-state index contributed by atoms with van der Waals surface area (Å²) in [5, 5.41) is 0. The van der Waals surface area contributed by atoms with Crippen LogP contribution in [0, 0.1) is 0 Å². The van der Waals surface area contributed by atoms with Crippen LogP contribution in [0.2, 0.25) is 0 Å². The number of rotatable bonds is 5. The molecule has 0 aromatic carbocycles. The third-order valence-electron chi connectivity index (χ3n) is 2.19. The Labute approximate surface area is 95.3 Å². The molecule has 4 nitrogen and oxygen atoms in total. The van der Waals surface area contributed by atoms with Gasteiger partial charge in [0, 0.05) is 24.5 Å². The zero-order chi connectivity index (χ0) is 11.8. The Morgan fingerprint density at radius 1 is 1.56 bits per heavy atom. The van der Waals surface area contributed by atoms with Gasteiger partial charge in [-0.05, 0) is 13.3 Å². The van der Waals surface area contributed by atoms with Crippen LogP contribution in [0.3, 0.4) is 0 Å². The van der Waals surface area contributed by atoms with Gasteiger partial charge in [0.2, 0.25) is 0 Å². The molecule has 0 saturated carbocycles. The maximum absolute atomic E-state index is 10.7. The van der Waals surface area contributed by atoms with Crippen molar-refractivity contribution in [1.82, 2.24) is 9.55 Å². The summed E-state index contributed by atoms with van der Waals surface area (Å²) in [5.74, 6) is -0.340. The van der Waals surface area contributed by atoms with Crippen molar-refractivity contribution in [3.63, 3.8) is 0 Å². The first kappa shape index (κ1) is 12.2. The maximum Gasteiger partial charge on any atom is 0.330 e. The van der Waals surface area contributed by atoms with Crippen LogP contribution in [0.4, 0.5) is 0 Å². The van der Waals surface area contributed by atoms with Gasteiger partial charge >= 0.3 is 5.97 Å². The molecule has 0 aliphatic heterocycles. The molecule has 1 unspecified atom stereocenters. The normalized spacial score (nSPS) is 13.4. The van der Waals surface area contributed by atoms with Crippen LogP contribution in [0.1, 0.15) is 19.4 Å². The molecule has 16 heavy (non-hydrogen) atoms. The van der Waals surface area contributed by atoms with Gasteiger partial charge in [-0.15, -0.1) is 0 Å². The van der Waals surface area contributed by atoms with E-state index in [9.17, 15) is 4.79 Å². The van der Waals surface area contributed by atoms with E-state index in [-0.39, 0.29) is 5.97 Å². The van der Waals surface area contributed by atoms with Gasteiger partial charge in [-0.25, -0.2) is 9.78 Å². The molecule has 0 amide bonds. The van der Waals surface area contributed by atoms with Crippen LogP contribution in [0.5, 0.6) is 0 Å². The lowest BCUT2D eigenvalue weighted by molar-refractivity contribution is -0.134. The van der Waals surface area contributed by atoms with E-state index in [0.29, 0.717) is 6.04 Å². The van der Waals surface area contributed by atoms with E-state index in [1.165, 1.54) is 13.2 Å². The van der Waals surface area contributed by atoms with Crippen molar-refractivity contribution < 1.29 is 9.53 Å². The summed E-state index contributed by atoms with van der Waals surface area (Å²) >= 11 is 0. The largest absolute Gasteiger partial charge is 0.466 e. The highest BCUT2D eigenvalue weighted by Crippen LogP contribution is 2.09. The summed E-state index contributed by atoms with van der Waals surface area (Å²) in [5.41, 5.74) is 0. The first-order valence-corrected chi connectivity index (χ1v) is 5.12. The minimum atomic E-state index is -0.340. The number of nitrogens with zero attached hydrogens (tertiary/aromatic N) is 2. The minimum Gasteiger partial charge on any atom is -0.466 e. The van der Waals surface area contributed by atoms with Crippen LogP contribution in [-0.2, 0) is 9.53 Å². The second-order valence-electron chi connectivity index (χ2n) is 3.41. The molecule has 1 rings (SSSR count). The van der Waals surface area contributed by atoms with Crippen molar-refractivity contribution in [2.24, 2.45) is 0 Å². The van der Waals surface area contributed by atoms with Crippen molar-refractivity contribution >= 4 is 5.97 Å². The molecule has 1 atom stereocenters. The van der Waals surface area contributed by atoms with Gasteiger partial charge in [0.1, 0.15) is 0 Å². The van der Waals surface area contributed by atoms with E-state index in [1.807, 2.05) is 22.9 Å². The third kappa shape index (κ3) is 4.13. The number of esters is 1. The Morgan fingerprint density at radius 3 is 3.00 bits per heavy atom. The van der Waals surface area contributed by atoms with Gasteiger partial charge in [-0.2, -0.15) is 0 Å². The second-order valence-corrected chi connectivity index (χ2v) is 3.41. The molecule has 0 spiro atoms. The Bertz CT molecular complexity index is 366. The number of carbonyl (C=O) groups excluding carboxylic acids is 1. The number of aromatic nitrogens is 2. The highest BCUT2D eigenvalue weighted by molar-refractivity contribution is 5.82. The number of ether oxygens (including phenoxy) is 1. The van der Waals surface area contributed by atoms with Crippen LogP contribution < -0.4 is 0 Å². The van der Waals surface area contributed by atoms with Gasteiger partial charge < -0.3 is 9.30 Å². The van der Waals surface area contributed by atoms with E-state index < -0.39 is 0 Å². The van der Waals surface area contributed by atoms with Crippen LogP contribution in [0.25, 0.3) is 0 Å². The number of hydrogen-bond acceptors (Lipinski definition) is 3. The van der Waals surface area contributed by atoms with Crippen molar-refractivity contribution in [3.05, 3.63) is 43.0 Å². The number of hydrogen-bond donors (Lipinski definition) is 0.